The summed E-state index contributed by atoms with van der Waals surface area (Å²) < 4.78 is 1.75. The van der Waals surface area contributed by atoms with Gasteiger partial charge in [-0.3, -0.25) is 19.3 Å². The van der Waals surface area contributed by atoms with Crippen molar-refractivity contribution in [3.63, 3.8) is 0 Å². The minimum Gasteiger partial charge on any atom is -0.323 e. The summed E-state index contributed by atoms with van der Waals surface area (Å²) in [5, 5.41) is 11.7. The van der Waals surface area contributed by atoms with Crippen molar-refractivity contribution in [1.82, 2.24) is 19.7 Å². The Morgan fingerprint density at radius 1 is 1.24 bits per heavy atom. The van der Waals surface area contributed by atoms with Crippen LogP contribution in [0.15, 0.2) is 46.7 Å². The van der Waals surface area contributed by atoms with Crippen LogP contribution < -0.4 is 5.32 Å². The maximum absolute atomic E-state index is 12.6. The monoisotopic (exact) mass is 431 g/mol. The number of aryl methyl sites for hydroxylation is 1. The van der Waals surface area contributed by atoms with Gasteiger partial charge in [0.25, 0.3) is 0 Å². The normalized spacial score (nSPS) is 20.8. The van der Waals surface area contributed by atoms with E-state index in [4.69, 9.17) is 11.6 Å². The van der Waals surface area contributed by atoms with E-state index in [0.29, 0.717) is 28.7 Å². The molecule has 8 nitrogen and oxygen atoms in total. The zero-order valence-electron chi connectivity index (χ0n) is 15.5. The summed E-state index contributed by atoms with van der Waals surface area (Å²) in [4.78, 5) is 39.5. The molecule has 2 aromatic rings. The molecule has 1 N–H and O–H groups in total. The highest BCUT2D eigenvalue weighted by Crippen LogP contribution is 2.36. The van der Waals surface area contributed by atoms with E-state index in [1.807, 2.05) is 19.2 Å². The van der Waals surface area contributed by atoms with Crippen molar-refractivity contribution < 1.29 is 14.4 Å². The van der Waals surface area contributed by atoms with Gasteiger partial charge in [0.1, 0.15) is 12.9 Å². The highest BCUT2D eigenvalue weighted by Gasteiger charge is 2.47. The SMILES string of the molecule is Cn1cnnc1Sc1ccc(Cl)cc1NC(=O)CN1C(=O)[C@H]2CC=CC[C@@H]2C1=O. The van der Waals surface area contributed by atoms with E-state index in [-0.39, 0.29) is 30.2 Å². The van der Waals surface area contributed by atoms with Crippen molar-refractivity contribution in [2.75, 3.05) is 11.9 Å². The van der Waals surface area contributed by atoms with E-state index in [2.05, 4.69) is 15.5 Å². The number of aromatic nitrogens is 3. The number of likely N-dealkylation sites (tertiary alicyclic amines) is 1. The number of anilines is 1. The average molecular weight is 432 g/mol. The smallest absolute Gasteiger partial charge is 0.244 e. The van der Waals surface area contributed by atoms with E-state index in [0.717, 1.165) is 9.80 Å². The molecule has 10 heteroatoms. The Hall–Kier alpha value is -2.65. The first-order chi connectivity index (χ1) is 13.9. The lowest BCUT2D eigenvalue weighted by molar-refractivity contribution is -0.142. The summed E-state index contributed by atoms with van der Waals surface area (Å²) in [6, 6.07) is 5.10. The number of nitrogens with zero attached hydrogens (tertiary/aromatic N) is 4. The Labute approximate surface area is 176 Å². The number of carbonyl (C=O) groups excluding carboxylic acids is 3. The van der Waals surface area contributed by atoms with Crippen molar-refractivity contribution in [2.24, 2.45) is 18.9 Å². The minimum absolute atomic E-state index is 0.278. The quantitative estimate of drug-likeness (QED) is 0.577. The maximum Gasteiger partial charge on any atom is 0.244 e. The first-order valence-electron chi connectivity index (χ1n) is 9.05. The first-order valence-corrected chi connectivity index (χ1v) is 10.2. The highest BCUT2D eigenvalue weighted by atomic mass is 35.5. The summed E-state index contributed by atoms with van der Waals surface area (Å²) in [5.74, 6) is -1.72. The predicted molar refractivity (Wildman–Crippen MR) is 107 cm³/mol. The molecular weight excluding hydrogens is 414 g/mol. The number of amides is 3. The van der Waals surface area contributed by atoms with Crippen molar-refractivity contribution in [2.45, 2.75) is 22.9 Å². The van der Waals surface area contributed by atoms with E-state index < -0.39 is 5.91 Å². The minimum atomic E-state index is -0.458. The predicted octanol–water partition coefficient (Wildman–Crippen LogP) is 2.51. The molecule has 0 unspecified atom stereocenters. The third-order valence-corrected chi connectivity index (χ3v) is 6.35. The van der Waals surface area contributed by atoms with Gasteiger partial charge in [-0.2, -0.15) is 0 Å². The Balaban J connectivity index is 1.49. The molecule has 1 fully saturated rings. The van der Waals surface area contributed by atoms with Gasteiger partial charge in [-0.25, -0.2) is 0 Å². The molecule has 2 heterocycles. The van der Waals surface area contributed by atoms with Gasteiger partial charge in [0.05, 0.1) is 17.5 Å². The van der Waals surface area contributed by atoms with Crippen LogP contribution in [-0.2, 0) is 21.4 Å². The second-order valence-corrected chi connectivity index (χ2v) is 8.38. The van der Waals surface area contributed by atoms with Crippen LogP contribution in [0.3, 0.4) is 0 Å². The largest absolute Gasteiger partial charge is 0.323 e. The van der Waals surface area contributed by atoms with Crippen molar-refractivity contribution in [3.05, 3.63) is 41.7 Å². The number of imide groups is 1. The fourth-order valence-corrected chi connectivity index (χ4v) is 4.51. The number of fused-ring (bicyclic) bond motifs is 1. The van der Waals surface area contributed by atoms with Gasteiger partial charge in [-0.05, 0) is 42.8 Å². The third kappa shape index (κ3) is 3.92. The van der Waals surface area contributed by atoms with E-state index >= 15 is 0 Å². The number of halogens is 1. The molecule has 1 aromatic carbocycles. The van der Waals surface area contributed by atoms with Crippen LogP contribution in [0.1, 0.15) is 12.8 Å². The summed E-state index contributed by atoms with van der Waals surface area (Å²) in [6.45, 7) is -0.314. The van der Waals surface area contributed by atoms with Gasteiger partial charge in [0, 0.05) is 17.0 Å². The fourth-order valence-electron chi connectivity index (χ4n) is 3.51. The lowest BCUT2D eigenvalue weighted by Crippen LogP contribution is -2.38. The van der Waals surface area contributed by atoms with Crippen molar-refractivity contribution in [1.29, 1.82) is 0 Å². The first kappa shape index (κ1) is 19.7. The van der Waals surface area contributed by atoms with Crippen LogP contribution in [0.5, 0.6) is 0 Å². The fraction of sp³-hybridized carbons (Fsp3) is 0.316. The molecule has 2 aliphatic rings. The zero-order valence-corrected chi connectivity index (χ0v) is 17.1. The average Bonchev–Trinajstić information content (AvgIpc) is 3.21. The molecule has 1 aromatic heterocycles. The molecule has 1 aliphatic carbocycles. The number of hydrogen-bond acceptors (Lipinski definition) is 6. The molecule has 1 saturated heterocycles. The molecule has 2 atom stereocenters. The van der Waals surface area contributed by atoms with Gasteiger partial charge in [0.15, 0.2) is 5.16 Å². The molecule has 0 radical (unpaired) electrons. The van der Waals surface area contributed by atoms with Gasteiger partial charge < -0.3 is 9.88 Å². The lowest BCUT2D eigenvalue weighted by Gasteiger charge is -2.16. The summed E-state index contributed by atoms with van der Waals surface area (Å²) >= 11 is 7.41. The zero-order chi connectivity index (χ0) is 20.5. The topological polar surface area (TPSA) is 97.2 Å². The summed E-state index contributed by atoms with van der Waals surface area (Å²) in [6.07, 6.45) is 6.49. The second kappa shape index (κ2) is 8.00. The number of hydrogen-bond donors (Lipinski definition) is 1. The van der Waals surface area contributed by atoms with Gasteiger partial charge >= 0.3 is 0 Å². The third-order valence-electron chi connectivity index (χ3n) is 4.99. The molecule has 0 bridgehead atoms. The lowest BCUT2D eigenvalue weighted by atomic mass is 9.85. The van der Waals surface area contributed by atoms with E-state index in [1.54, 1.807) is 29.1 Å². The molecule has 0 saturated carbocycles. The van der Waals surface area contributed by atoms with Crippen LogP contribution in [0.25, 0.3) is 0 Å². The number of carbonyl (C=O) groups is 3. The van der Waals surface area contributed by atoms with Crippen LogP contribution in [0.4, 0.5) is 5.69 Å². The van der Waals surface area contributed by atoms with E-state index in [9.17, 15) is 14.4 Å². The molecule has 1 aliphatic heterocycles. The van der Waals surface area contributed by atoms with Crippen molar-refractivity contribution in [3.8, 4) is 0 Å². The number of allylic oxidation sites excluding steroid dienone is 2. The van der Waals surface area contributed by atoms with Gasteiger partial charge in [-0.1, -0.05) is 23.8 Å². The molecule has 3 amide bonds. The number of nitrogens with one attached hydrogen (secondary N) is 1. The molecule has 0 spiro atoms. The standard InChI is InChI=1S/C19H18ClN5O3S/c1-24-10-21-23-19(24)29-15-7-6-11(20)8-14(15)22-16(26)9-25-17(27)12-4-2-3-5-13(12)18(25)28/h2-3,6-8,10,12-13H,4-5,9H2,1H3,(H,22,26)/t12-,13-/m0/s1. The molecule has 150 valence electrons. The number of benzene rings is 1. The summed E-state index contributed by atoms with van der Waals surface area (Å²) in [7, 11) is 1.81. The van der Waals surface area contributed by atoms with Crippen molar-refractivity contribution >= 4 is 46.8 Å². The van der Waals surface area contributed by atoms with E-state index in [1.165, 1.54) is 11.8 Å². The summed E-state index contributed by atoms with van der Waals surface area (Å²) in [5.41, 5.74) is 0.480. The molecule has 29 heavy (non-hydrogen) atoms. The Bertz CT molecular complexity index is 995. The van der Waals surface area contributed by atoms with Gasteiger partial charge in [-0.15, -0.1) is 10.2 Å². The van der Waals surface area contributed by atoms with Crippen LogP contribution in [0.2, 0.25) is 5.02 Å². The van der Waals surface area contributed by atoms with Crippen LogP contribution in [0, 0.1) is 11.8 Å². The van der Waals surface area contributed by atoms with Gasteiger partial charge in [0.2, 0.25) is 17.7 Å². The Kier molecular flexibility index (Phi) is 5.42. The van der Waals surface area contributed by atoms with Crippen LogP contribution in [-0.4, -0.2) is 43.9 Å². The Morgan fingerprint density at radius 3 is 2.55 bits per heavy atom. The number of rotatable bonds is 5. The van der Waals surface area contributed by atoms with Crippen LogP contribution >= 0.6 is 23.4 Å². The maximum atomic E-state index is 12.6. The molecular formula is C19H18ClN5O3S. The second-order valence-electron chi connectivity index (χ2n) is 6.93. The molecule has 4 rings (SSSR count). The Morgan fingerprint density at radius 2 is 1.93 bits per heavy atom. The highest BCUT2D eigenvalue weighted by molar-refractivity contribution is 7.99.